The molecule has 0 bridgehead atoms. The van der Waals surface area contributed by atoms with Crippen LogP contribution in [0.5, 0.6) is 0 Å². The Morgan fingerprint density at radius 2 is 2.35 bits per heavy atom. The first-order valence-electron chi connectivity index (χ1n) is 5.76. The average molecular weight is 235 g/mol. The fraction of sp³-hybridized carbons (Fsp3) is 0.500. The lowest BCUT2D eigenvalue weighted by Crippen LogP contribution is -2.18. The summed E-state index contributed by atoms with van der Waals surface area (Å²) in [5.41, 5.74) is 6.51. The molecule has 1 aliphatic carbocycles. The van der Waals surface area contributed by atoms with Crippen molar-refractivity contribution in [1.29, 1.82) is 0 Å². The minimum absolute atomic E-state index is 0.227. The number of aromatic nitrogens is 1. The summed E-state index contributed by atoms with van der Waals surface area (Å²) in [6.07, 6.45) is 4.68. The molecule has 1 fully saturated rings. The largest absolute Gasteiger partial charge is 0.396 e. The zero-order valence-corrected chi connectivity index (χ0v) is 9.65. The van der Waals surface area contributed by atoms with Crippen LogP contribution in [0, 0.1) is 5.41 Å². The molecule has 0 spiro atoms. The van der Waals surface area contributed by atoms with Crippen LogP contribution in [0.4, 0.5) is 5.69 Å². The number of aliphatic hydroxyl groups excluding tert-OH is 1. The van der Waals surface area contributed by atoms with Crippen LogP contribution in [0.1, 0.15) is 29.8 Å². The van der Waals surface area contributed by atoms with Gasteiger partial charge in [-0.05, 0) is 36.8 Å². The lowest BCUT2D eigenvalue weighted by molar-refractivity contribution is 0.0995. The Morgan fingerprint density at radius 3 is 2.94 bits per heavy atom. The third-order valence-electron chi connectivity index (χ3n) is 3.28. The van der Waals surface area contributed by atoms with Gasteiger partial charge in [-0.15, -0.1) is 0 Å². The predicted molar refractivity (Wildman–Crippen MR) is 64.6 cm³/mol. The fourth-order valence-corrected chi connectivity index (χ4v) is 1.89. The summed E-state index contributed by atoms with van der Waals surface area (Å²) in [6, 6.07) is 3.46. The number of carbonyl (C=O) groups excluding carboxylic acids is 1. The maximum absolute atomic E-state index is 11.0. The third kappa shape index (κ3) is 2.94. The van der Waals surface area contributed by atoms with Gasteiger partial charge in [-0.3, -0.25) is 9.78 Å². The number of carbonyl (C=O) groups is 1. The molecule has 0 aromatic carbocycles. The number of hydrogen-bond donors (Lipinski definition) is 3. The van der Waals surface area contributed by atoms with Gasteiger partial charge >= 0.3 is 0 Å². The highest BCUT2D eigenvalue weighted by atomic mass is 16.3. The van der Waals surface area contributed by atoms with Gasteiger partial charge in [-0.2, -0.15) is 0 Å². The van der Waals surface area contributed by atoms with Crippen molar-refractivity contribution in [3.05, 3.63) is 24.0 Å². The van der Waals surface area contributed by atoms with Crippen LogP contribution in [0.25, 0.3) is 0 Å². The van der Waals surface area contributed by atoms with Gasteiger partial charge in [0.15, 0.2) is 0 Å². The maximum Gasteiger partial charge on any atom is 0.267 e. The first-order chi connectivity index (χ1) is 8.15. The lowest BCUT2D eigenvalue weighted by atomic mass is 10.0. The second-order valence-corrected chi connectivity index (χ2v) is 4.62. The van der Waals surface area contributed by atoms with Crippen molar-refractivity contribution in [2.75, 3.05) is 18.5 Å². The Bertz CT molecular complexity index is 416. The summed E-state index contributed by atoms with van der Waals surface area (Å²) in [7, 11) is 0. The molecule has 0 aliphatic heterocycles. The van der Waals surface area contributed by atoms with Crippen LogP contribution in [-0.4, -0.2) is 29.1 Å². The van der Waals surface area contributed by atoms with E-state index in [9.17, 15) is 4.79 Å². The van der Waals surface area contributed by atoms with Gasteiger partial charge in [0, 0.05) is 25.0 Å². The molecule has 0 unspecified atom stereocenters. The Balaban J connectivity index is 1.95. The monoisotopic (exact) mass is 235 g/mol. The number of aliphatic hydroxyl groups is 1. The van der Waals surface area contributed by atoms with Crippen molar-refractivity contribution in [2.24, 2.45) is 11.1 Å². The van der Waals surface area contributed by atoms with Gasteiger partial charge in [-0.1, -0.05) is 0 Å². The van der Waals surface area contributed by atoms with Crippen LogP contribution in [-0.2, 0) is 0 Å². The van der Waals surface area contributed by atoms with E-state index in [0.29, 0.717) is 0 Å². The highest BCUT2D eigenvalue weighted by Gasteiger charge is 2.41. The zero-order valence-electron chi connectivity index (χ0n) is 9.65. The fourth-order valence-electron chi connectivity index (χ4n) is 1.89. The smallest absolute Gasteiger partial charge is 0.267 e. The van der Waals surface area contributed by atoms with Gasteiger partial charge in [-0.25, -0.2) is 0 Å². The van der Waals surface area contributed by atoms with E-state index in [1.54, 1.807) is 12.3 Å². The highest BCUT2D eigenvalue weighted by molar-refractivity contribution is 5.91. The number of primary amides is 1. The van der Waals surface area contributed by atoms with E-state index in [-0.39, 0.29) is 17.7 Å². The molecule has 1 aromatic rings. The van der Waals surface area contributed by atoms with Gasteiger partial charge in [0.05, 0.1) is 0 Å². The molecule has 2 rings (SSSR count). The van der Waals surface area contributed by atoms with E-state index in [4.69, 9.17) is 10.8 Å². The minimum Gasteiger partial charge on any atom is -0.396 e. The first-order valence-corrected chi connectivity index (χ1v) is 5.76. The number of hydrogen-bond acceptors (Lipinski definition) is 4. The Labute approximate surface area is 100 Å². The Morgan fingerprint density at radius 1 is 1.59 bits per heavy atom. The summed E-state index contributed by atoms with van der Waals surface area (Å²) < 4.78 is 0. The molecule has 17 heavy (non-hydrogen) atoms. The van der Waals surface area contributed by atoms with Crippen molar-refractivity contribution >= 4 is 11.6 Å². The van der Waals surface area contributed by atoms with Crippen molar-refractivity contribution in [2.45, 2.75) is 19.3 Å². The summed E-state index contributed by atoms with van der Waals surface area (Å²) in [5, 5.41) is 12.2. The Hall–Kier alpha value is -1.62. The molecule has 0 radical (unpaired) electrons. The zero-order chi connectivity index (χ0) is 12.3. The average Bonchev–Trinajstić information content (AvgIpc) is 3.08. The molecule has 5 nitrogen and oxygen atoms in total. The van der Waals surface area contributed by atoms with Crippen molar-refractivity contribution in [1.82, 2.24) is 4.98 Å². The third-order valence-corrected chi connectivity index (χ3v) is 3.28. The van der Waals surface area contributed by atoms with E-state index in [2.05, 4.69) is 10.3 Å². The number of nitrogens with zero attached hydrogens (tertiary/aromatic N) is 1. The van der Waals surface area contributed by atoms with Crippen molar-refractivity contribution in [3.8, 4) is 0 Å². The number of anilines is 1. The maximum atomic E-state index is 11.0. The lowest BCUT2D eigenvalue weighted by Gasteiger charge is -2.15. The molecule has 1 amide bonds. The van der Waals surface area contributed by atoms with Crippen LogP contribution in [0.15, 0.2) is 18.3 Å². The van der Waals surface area contributed by atoms with E-state index in [1.165, 1.54) is 0 Å². The number of pyridine rings is 1. The molecule has 4 N–H and O–H groups in total. The van der Waals surface area contributed by atoms with E-state index in [1.807, 2.05) is 6.07 Å². The van der Waals surface area contributed by atoms with Gasteiger partial charge < -0.3 is 16.2 Å². The molecule has 1 saturated carbocycles. The number of amides is 1. The normalized spacial score (nSPS) is 16.5. The minimum atomic E-state index is -0.523. The SMILES string of the molecule is NC(=O)c1cc(NCC2(CCO)CC2)ccn1. The van der Waals surface area contributed by atoms with Crippen LogP contribution in [0.2, 0.25) is 0 Å². The molecular weight excluding hydrogens is 218 g/mol. The standard InChI is InChI=1S/C12H17N3O2/c13-11(17)10-7-9(1-5-14-10)15-8-12(2-3-12)4-6-16/h1,5,7,16H,2-4,6,8H2,(H2,13,17)(H,14,15). The molecule has 1 aromatic heterocycles. The summed E-state index contributed by atoms with van der Waals surface area (Å²) >= 11 is 0. The quantitative estimate of drug-likeness (QED) is 0.679. The molecule has 1 heterocycles. The van der Waals surface area contributed by atoms with Crippen LogP contribution < -0.4 is 11.1 Å². The topological polar surface area (TPSA) is 88.2 Å². The molecule has 0 atom stereocenters. The van der Waals surface area contributed by atoms with Crippen LogP contribution >= 0.6 is 0 Å². The number of nitrogens with two attached hydrogens (primary N) is 1. The molecule has 0 saturated heterocycles. The molecule has 1 aliphatic rings. The van der Waals surface area contributed by atoms with Gasteiger partial charge in [0.1, 0.15) is 5.69 Å². The first kappa shape index (κ1) is 11.9. The second kappa shape index (κ2) is 4.71. The van der Waals surface area contributed by atoms with Crippen molar-refractivity contribution in [3.63, 3.8) is 0 Å². The van der Waals surface area contributed by atoms with Gasteiger partial charge in [0.25, 0.3) is 5.91 Å². The highest BCUT2D eigenvalue weighted by Crippen LogP contribution is 2.48. The molecular formula is C12H17N3O2. The second-order valence-electron chi connectivity index (χ2n) is 4.62. The summed E-state index contributed by atoms with van der Waals surface area (Å²) in [5.74, 6) is -0.523. The Kier molecular flexibility index (Phi) is 3.28. The van der Waals surface area contributed by atoms with E-state index < -0.39 is 5.91 Å². The molecule has 92 valence electrons. The van der Waals surface area contributed by atoms with Crippen molar-refractivity contribution < 1.29 is 9.90 Å². The van der Waals surface area contributed by atoms with E-state index >= 15 is 0 Å². The predicted octanol–water partition coefficient (Wildman–Crippen LogP) is 0.755. The summed E-state index contributed by atoms with van der Waals surface area (Å²) in [4.78, 5) is 14.8. The van der Waals surface area contributed by atoms with Crippen LogP contribution in [0.3, 0.4) is 0 Å². The molecule has 5 heteroatoms. The number of nitrogens with one attached hydrogen (secondary N) is 1. The van der Waals surface area contributed by atoms with Gasteiger partial charge in [0.2, 0.25) is 0 Å². The van der Waals surface area contributed by atoms with E-state index in [0.717, 1.165) is 31.5 Å². The number of rotatable bonds is 6. The summed E-state index contributed by atoms with van der Waals surface area (Å²) in [6.45, 7) is 1.04.